The van der Waals surface area contributed by atoms with Gasteiger partial charge in [-0.05, 0) is 25.5 Å². The number of Topliss-reactive ketones (excluding diaryl/α,β-unsaturated/α-hetero) is 1. The van der Waals surface area contributed by atoms with Crippen LogP contribution in [0.15, 0.2) is 18.3 Å². The van der Waals surface area contributed by atoms with Crippen LogP contribution in [0.5, 0.6) is 0 Å². The van der Waals surface area contributed by atoms with Gasteiger partial charge < -0.3 is 9.80 Å². The summed E-state index contributed by atoms with van der Waals surface area (Å²) in [7, 11) is 1.80. The summed E-state index contributed by atoms with van der Waals surface area (Å²) in [5.74, 6) is 0.657. The minimum absolute atomic E-state index is 0.0249. The summed E-state index contributed by atoms with van der Waals surface area (Å²) in [6.45, 7) is 3.30. The van der Waals surface area contributed by atoms with Gasteiger partial charge in [0.25, 0.3) is 0 Å². The molecule has 0 aromatic carbocycles. The van der Waals surface area contributed by atoms with Crippen molar-refractivity contribution in [1.29, 1.82) is 0 Å². The van der Waals surface area contributed by atoms with Gasteiger partial charge in [0.1, 0.15) is 5.82 Å². The van der Waals surface area contributed by atoms with E-state index >= 15 is 0 Å². The van der Waals surface area contributed by atoms with Crippen molar-refractivity contribution < 1.29 is 9.59 Å². The number of carbonyl (C=O) groups is 2. The SMILES string of the molecule is CC(=O)c1cccnc1N1CCCN(C)C(=O)C1. The van der Waals surface area contributed by atoms with Gasteiger partial charge in [0.05, 0.1) is 12.1 Å². The van der Waals surface area contributed by atoms with Crippen LogP contribution in [0.3, 0.4) is 0 Å². The molecule has 1 aromatic rings. The molecule has 96 valence electrons. The number of pyridine rings is 1. The predicted molar refractivity (Wildman–Crippen MR) is 68.7 cm³/mol. The van der Waals surface area contributed by atoms with Crippen LogP contribution in [0, 0.1) is 0 Å². The van der Waals surface area contributed by atoms with Gasteiger partial charge in [-0.1, -0.05) is 0 Å². The molecular formula is C13H17N3O2. The van der Waals surface area contributed by atoms with E-state index in [0.717, 1.165) is 19.5 Å². The Hall–Kier alpha value is -1.91. The maximum Gasteiger partial charge on any atom is 0.241 e. The molecule has 2 rings (SSSR count). The molecule has 1 aliphatic heterocycles. The van der Waals surface area contributed by atoms with Crippen LogP contribution in [0.2, 0.25) is 0 Å². The van der Waals surface area contributed by atoms with Crippen molar-refractivity contribution in [2.24, 2.45) is 0 Å². The van der Waals surface area contributed by atoms with Gasteiger partial charge in [0.2, 0.25) is 5.91 Å². The maximum absolute atomic E-state index is 11.9. The number of aromatic nitrogens is 1. The summed E-state index contributed by atoms with van der Waals surface area (Å²) in [5, 5.41) is 0. The van der Waals surface area contributed by atoms with Crippen molar-refractivity contribution in [3.8, 4) is 0 Å². The van der Waals surface area contributed by atoms with Crippen LogP contribution in [0.4, 0.5) is 5.82 Å². The summed E-state index contributed by atoms with van der Waals surface area (Å²) in [4.78, 5) is 31.3. The first-order valence-corrected chi connectivity index (χ1v) is 6.04. The van der Waals surface area contributed by atoms with Crippen LogP contribution >= 0.6 is 0 Å². The lowest BCUT2D eigenvalue weighted by molar-refractivity contribution is -0.127. The Labute approximate surface area is 106 Å². The molecule has 1 fully saturated rings. The third kappa shape index (κ3) is 2.50. The summed E-state index contributed by atoms with van der Waals surface area (Å²) < 4.78 is 0. The average molecular weight is 247 g/mol. The molecule has 1 aromatic heterocycles. The summed E-state index contributed by atoms with van der Waals surface area (Å²) >= 11 is 0. The van der Waals surface area contributed by atoms with Crippen molar-refractivity contribution in [1.82, 2.24) is 9.88 Å². The van der Waals surface area contributed by atoms with Crippen molar-refractivity contribution in [2.75, 3.05) is 31.6 Å². The summed E-state index contributed by atoms with van der Waals surface area (Å²) in [6, 6.07) is 3.50. The molecule has 1 saturated heterocycles. The fourth-order valence-corrected chi connectivity index (χ4v) is 2.09. The minimum Gasteiger partial charge on any atom is -0.347 e. The van der Waals surface area contributed by atoms with E-state index in [1.54, 1.807) is 30.3 Å². The van der Waals surface area contributed by atoms with Gasteiger partial charge in [-0.3, -0.25) is 9.59 Å². The zero-order chi connectivity index (χ0) is 13.1. The predicted octanol–water partition coefficient (Wildman–Crippen LogP) is 0.953. The lowest BCUT2D eigenvalue weighted by Crippen LogP contribution is -2.35. The molecule has 0 spiro atoms. The Morgan fingerprint density at radius 2 is 2.17 bits per heavy atom. The molecule has 18 heavy (non-hydrogen) atoms. The third-order valence-electron chi connectivity index (χ3n) is 3.14. The third-order valence-corrected chi connectivity index (χ3v) is 3.14. The Kier molecular flexibility index (Phi) is 3.60. The number of rotatable bonds is 2. The van der Waals surface area contributed by atoms with E-state index in [-0.39, 0.29) is 18.2 Å². The molecule has 5 heteroatoms. The fraction of sp³-hybridized carbons (Fsp3) is 0.462. The summed E-state index contributed by atoms with van der Waals surface area (Å²) in [5.41, 5.74) is 0.579. The molecule has 0 radical (unpaired) electrons. The van der Waals surface area contributed by atoms with Crippen LogP contribution in [0.1, 0.15) is 23.7 Å². The lowest BCUT2D eigenvalue weighted by Gasteiger charge is -2.22. The molecular weight excluding hydrogens is 230 g/mol. The maximum atomic E-state index is 11.9. The van der Waals surface area contributed by atoms with E-state index in [1.165, 1.54) is 6.92 Å². The number of nitrogens with zero attached hydrogens (tertiary/aromatic N) is 3. The first-order valence-electron chi connectivity index (χ1n) is 6.04. The van der Waals surface area contributed by atoms with Gasteiger partial charge in [-0.25, -0.2) is 4.98 Å². The second-order valence-electron chi connectivity index (χ2n) is 4.52. The van der Waals surface area contributed by atoms with Crippen molar-refractivity contribution in [3.63, 3.8) is 0 Å². The number of likely N-dealkylation sites (N-methyl/N-ethyl adjacent to an activating group) is 1. The van der Waals surface area contributed by atoms with E-state index in [1.807, 2.05) is 4.90 Å². The molecule has 2 heterocycles. The first-order chi connectivity index (χ1) is 8.59. The van der Waals surface area contributed by atoms with Crippen LogP contribution < -0.4 is 4.90 Å². The fourth-order valence-electron chi connectivity index (χ4n) is 2.09. The van der Waals surface area contributed by atoms with Gasteiger partial charge in [0.15, 0.2) is 5.78 Å². The number of ketones is 1. The summed E-state index contributed by atoms with van der Waals surface area (Å²) in [6.07, 6.45) is 2.54. The highest BCUT2D eigenvalue weighted by Gasteiger charge is 2.22. The topological polar surface area (TPSA) is 53.5 Å². The normalized spacial score (nSPS) is 16.7. The van der Waals surface area contributed by atoms with E-state index in [9.17, 15) is 9.59 Å². The zero-order valence-corrected chi connectivity index (χ0v) is 10.7. The van der Waals surface area contributed by atoms with Crippen molar-refractivity contribution >= 4 is 17.5 Å². The second-order valence-corrected chi connectivity index (χ2v) is 4.52. The molecule has 5 nitrogen and oxygen atoms in total. The van der Waals surface area contributed by atoms with Gasteiger partial charge in [-0.2, -0.15) is 0 Å². The van der Waals surface area contributed by atoms with E-state index in [2.05, 4.69) is 4.98 Å². The van der Waals surface area contributed by atoms with Crippen molar-refractivity contribution in [2.45, 2.75) is 13.3 Å². The van der Waals surface area contributed by atoms with E-state index in [4.69, 9.17) is 0 Å². The molecule has 1 aliphatic rings. The Bertz CT molecular complexity index is 473. The zero-order valence-electron chi connectivity index (χ0n) is 10.7. The van der Waals surface area contributed by atoms with Crippen LogP contribution in [-0.4, -0.2) is 48.3 Å². The standard InChI is InChI=1S/C13H17N3O2/c1-10(17)11-5-3-6-14-13(11)16-8-4-7-15(2)12(18)9-16/h3,5-6H,4,7-9H2,1-2H3. The number of anilines is 1. The van der Waals surface area contributed by atoms with Crippen LogP contribution in [-0.2, 0) is 4.79 Å². The van der Waals surface area contributed by atoms with Gasteiger partial charge in [0, 0.05) is 26.3 Å². The number of amides is 1. The largest absolute Gasteiger partial charge is 0.347 e. The van der Waals surface area contributed by atoms with E-state index < -0.39 is 0 Å². The Balaban J connectivity index is 2.31. The molecule has 0 saturated carbocycles. The number of carbonyl (C=O) groups excluding carboxylic acids is 2. The van der Waals surface area contributed by atoms with Gasteiger partial charge >= 0.3 is 0 Å². The Morgan fingerprint density at radius 3 is 2.89 bits per heavy atom. The molecule has 0 aliphatic carbocycles. The molecule has 0 N–H and O–H groups in total. The van der Waals surface area contributed by atoms with Gasteiger partial charge in [-0.15, -0.1) is 0 Å². The molecule has 1 amide bonds. The quantitative estimate of drug-likeness (QED) is 0.730. The highest BCUT2D eigenvalue weighted by molar-refractivity contribution is 5.99. The number of hydrogen-bond acceptors (Lipinski definition) is 4. The molecule has 0 bridgehead atoms. The molecule has 0 unspecified atom stereocenters. The minimum atomic E-state index is -0.0249. The van der Waals surface area contributed by atoms with E-state index in [0.29, 0.717) is 11.4 Å². The average Bonchev–Trinajstić information content (AvgIpc) is 2.52. The molecule has 0 atom stereocenters. The second kappa shape index (κ2) is 5.16. The Morgan fingerprint density at radius 1 is 1.39 bits per heavy atom. The highest BCUT2D eigenvalue weighted by Crippen LogP contribution is 2.19. The van der Waals surface area contributed by atoms with Crippen molar-refractivity contribution in [3.05, 3.63) is 23.9 Å². The lowest BCUT2D eigenvalue weighted by atomic mass is 10.1. The monoisotopic (exact) mass is 247 g/mol. The first kappa shape index (κ1) is 12.5. The highest BCUT2D eigenvalue weighted by atomic mass is 16.2. The smallest absolute Gasteiger partial charge is 0.241 e. The number of hydrogen-bond donors (Lipinski definition) is 0. The van der Waals surface area contributed by atoms with Crippen LogP contribution in [0.25, 0.3) is 0 Å².